The highest BCUT2D eigenvalue weighted by atomic mass is 35.5. The zero-order valence-electron chi connectivity index (χ0n) is 10.8. The van der Waals surface area contributed by atoms with Gasteiger partial charge in [0.1, 0.15) is 0 Å². The summed E-state index contributed by atoms with van der Waals surface area (Å²) in [5, 5.41) is 3.12. The highest BCUT2D eigenvalue weighted by molar-refractivity contribution is 5.85. The Morgan fingerprint density at radius 1 is 1.18 bits per heavy atom. The second-order valence-corrected chi connectivity index (χ2v) is 3.81. The number of benzene rings is 1. The van der Waals surface area contributed by atoms with Crippen LogP contribution in [0.25, 0.3) is 0 Å². The van der Waals surface area contributed by atoms with Gasteiger partial charge in [-0.15, -0.1) is 12.4 Å². The molecule has 17 heavy (non-hydrogen) atoms. The quantitative estimate of drug-likeness (QED) is 0.764. The summed E-state index contributed by atoms with van der Waals surface area (Å²) in [6.07, 6.45) is 2.18. The van der Waals surface area contributed by atoms with Crippen LogP contribution in [0.4, 0.5) is 0 Å². The number of unbranched alkanes of at least 4 members (excludes halogenated alkanes) is 1. The molecule has 1 aromatic rings. The van der Waals surface area contributed by atoms with Crippen molar-refractivity contribution in [3.05, 3.63) is 23.8 Å². The predicted molar refractivity (Wildman–Crippen MR) is 73.6 cm³/mol. The van der Waals surface area contributed by atoms with Gasteiger partial charge in [0.25, 0.3) is 0 Å². The molecule has 98 valence electrons. The van der Waals surface area contributed by atoms with E-state index in [4.69, 9.17) is 9.47 Å². The molecule has 0 aromatic heterocycles. The van der Waals surface area contributed by atoms with Crippen LogP contribution in [-0.4, -0.2) is 27.3 Å². The van der Waals surface area contributed by atoms with Crippen LogP contribution >= 0.6 is 12.4 Å². The zero-order chi connectivity index (χ0) is 11.8. The van der Waals surface area contributed by atoms with Crippen LogP contribution in [0.15, 0.2) is 18.2 Å². The summed E-state index contributed by atoms with van der Waals surface area (Å²) in [4.78, 5) is 0. The molecule has 0 aliphatic carbocycles. The smallest absolute Gasteiger partial charge is 0.161 e. The first-order chi connectivity index (χ1) is 7.77. The summed E-state index contributed by atoms with van der Waals surface area (Å²) in [5.74, 6) is 1.64. The lowest BCUT2D eigenvalue weighted by Crippen LogP contribution is -2.09. The van der Waals surface area contributed by atoms with Gasteiger partial charge in [0.2, 0.25) is 0 Å². The topological polar surface area (TPSA) is 30.5 Å². The fourth-order valence-electron chi connectivity index (χ4n) is 1.48. The second-order valence-electron chi connectivity index (χ2n) is 3.81. The lowest BCUT2D eigenvalue weighted by atomic mass is 10.2. The monoisotopic (exact) mass is 259 g/mol. The molecule has 1 aromatic carbocycles. The SMILES string of the molecule is CNCCCCOc1ccc(C)cc1OC.Cl. The molecule has 0 fully saturated rings. The molecule has 3 nitrogen and oxygen atoms in total. The van der Waals surface area contributed by atoms with Gasteiger partial charge in [-0.2, -0.15) is 0 Å². The van der Waals surface area contributed by atoms with E-state index >= 15 is 0 Å². The summed E-state index contributed by atoms with van der Waals surface area (Å²) in [5.41, 5.74) is 1.18. The molecular formula is C13H22ClNO2. The Morgan fingerprint density at radius 3 is 2.59 bits per heavy atom. The number of rotatable bonds is 7. The minimum absolute atomic E-state index is 0. The summed E-state index contributed by atoms with van der Waals surface area (Å²) >= 11 is 0. The van der Waals surface area contributed by atoms with E-state index in [1.54, 1.807) is 7.11 Å². The average molecular weight is 260 g/mol. The molecule has 0 heterocycles. The first kappa shape index (κ1) is 16.1. The Morgan fingerprint density at radius 2 is 1.94 bits per heavy atom. The van der Waals surface area contributed by atoms with Crippen molar-refractivity contribution in [2.45, 2.75) is 19.8 Å². The van der Waals surface area contributed by atoms with E-state index in [1.807, 2.05) is 32.2 Å². The van der Waals surface area contributed by atoms with E-state index in [0.717, 1.165) is 37.5 Å². The van der Waals surface area contributed by atoms with Gasteiger partial charge < -0.3 is 14.8 Å². The highest BCUT2D eigenvalue weighted by Crippen LogP contribution is 2.27. The van der Waals surface area contributed by atoms with Crippen LogP contribution in [0.5, 0.6) is 11.5 Å². The molecule has 0 saturated heterocycles. The van der Waals surface area contributed by atoms with E-state index in [9.17, 15) is 0 Å². The van der Waals surface area contributed by atoms with Gasteiger partial charge in [-0.05, 0) is 51.1 Å². The van der Waals surface area contributed by atoms with Gasteiger partial charge in [-0.3, -0.25) is 0 Å². The third kappa shape index (κ3) is 5.80. The van der Waals surface area contributed by atoms with Crippen molar-refractivity contribution in [2.75, 3.05) is 27.3 Å². The van der Waals surface area contributed by atoms with Crippen molar-refractivity contribution in [1.29, 1.82) is 0 Å². The van der Waals surface area contributed by atoms with Crippen molar-refractivity contribution in [1.82, 2.24) is 5.32 Å². The Labute approximate surface area is 110 Å². The normalized spacial score (nSPS) is 9.59. The largest absolute Gasteiger partial charge is 0.493 e. The maximum Gasteiger partial charge on any atom is 0.161 e. The summed E-state index contributed by atoms with van der Waals surface area (Å²) in [6, 6.07) is 5.99. The minimum Gasteiger partial charge on any atom is -0.493 e. The van der Waals surface area contributed by atoms with E-state index in [1.165, 1.54) is 5.56 Å². The molecule has 1 rings (SSSR count). The number of hydrogen-bond donors (Lipinski definition) is 1. The third-order valence-corrected chi connectivity index (χ3v) is 2.40. The number of ether oxygens (including phenoxy) is 2. The van der Waals surface area contributed by atoms with Gasteiger partial charge in [-0.25, -0.2) is 0 Å². The van der Waals surface area contributed by atoms with Crippen LogP contribution < -0.4 is 14.8 Å². The summed E-state index contributed by atoms with van der Waals surface area (Å²) in [7, 11) is 3.63. The van der Waals surface area contributed by atoms with Gasteiger partial charge >= 0.3 is 0 Å². The van der Waals surface area contributed by atoms with Crippen molar-refractivity contribution < 1.29 is 9.47 Å². The lowest BCUT2D eigenvalue weighted by molar-refractivity contribution is 0.286. The number of nitrogens with one attached hydrogen (secondary N) is 1. The first-order valence-corrected chi connectivity index (χ1v) is 5.70. The summed E-state index contributed by atoms with van der Waals surface area (Å²) in [6.45, 7) is 3.81. The van der Waals surface area contributed by atoms with E-state index in [2.05, 4.69) is 5.32 Å². The molecular weight excluding hydrogens is 238 g/mol. The van der Waals surface area contributed by atoms with Crippen LogP contribution in [0, 0.1) is 6.92 Å². The fourth-order valence-corrected chi connectivity index (χ4v) is 1.48. The number of hydrogen-bond acceptors (Lipinski definition) is 3. The molecule has 0 atom stereocenters. The standard InChI is InChI=1S/C13H21NO2.ClH/c1-11-6-7-12(13(10-11)15-3)16-9-5-4-8-14-2;/h6-7,10,14H,4-5,8-9H2,1-3H3;1H. The molecule has 0 aliphatic rings. The molecule has 0 saturated carbocycles. The molecule has 0 spiro atoms. The Hall–Kier alpha value is -0.930. The minimum atomic E-state index is 0. The van der Waals surface area contributed by atoms with Crippen LogP contribution in [0.2, 0.25) is 0 Å². The molecule has 1 N–H and O–H groups in total. The van der Waals surface area contributed by atoms with Gasteiger partial charge in [0.05, 0.1) is 13.7 Å². The van der Waals surface area contributed by atoms with Crippen LogP contribution in [-0.2, 0) is 0 Å². The maximum absolute atomic E-state index is 5.68. The Bertz CT molecular complexity index is 318. The fraction of sp³-hybridized carbons (Fsp3) is 0.538. The van der Waals surface area contributed by atoms with Crippen molar-refractivity contribution >= 4 is 12.4 Å². The second kappa shape index (κ2) is 9.14. The van der Waals surface area contributed by atoms with E-state index < -0.39 is 0 Å². The Balaban J connectivity index is 0.00000256. The van der Waals surface area contributed by atoms with E-state index in [0.29, 0.717) is 0 Å². The number of methoxy groups -OCH3 is 1. The summed E-state index contributed by atoms with van der Waals surface area (Å²) < 4.78 is 10.9. The Kier molecular flexibility index (Phi) is 8.64. The van der Waals surface area contributed by atoms with E-state index in [-0.39, 0.29) is 12.4 Å². The van der Waals surface area contributed by atoms with Crippen molar-refractivity contribution in [2.24, 2.45) is 0 Å². The number of halogens is 1. The van der Waals surface area contributed by atoms with Crippen LogP contribution in [0.1, 0.15) is 18.4 Å². The molecule has 0 radical (unpaired) electrons. The molecule has 0 amide bonds. The van der Waals surface area contributed by atoms with Crippen molar-refractivity contribution in [3.63, 3.8) is 0 Å². The average Bonchev–Trinajstić information content (AvgIpc) is 2.30. The number of aryl methyl sites for hydroxylation is 1. The lowest BCUT2D eigenvalue weighted by Gasteiger charge is -2.11. The van der Waals surface area contributed by atoms with Crippen molar-refractivity contribution in [3.8, 4) is 11.5 Å². The van der Waals surface area contributed by atoms with Gasteiger partial charge in [0, 0.05) is 0 Å². The maximum atomic E-state index is 5.68. The van der Waals surface area contributed by atoms with Crippen LogP contribution in [0.3, 0.4) is 0 Å². The molecule has 4 heteroatoms. The molecule has 0 aliphatic heterocycles. The zero-order valence-corrected chi connectivity index (χ0v) is 11.6. The predicted octanol–water partition coefficient (Wildman–Crippen LogP) is 2.80. The van der Waals surface area contributed by atoms with Gasteiger partial charge in [0.15, 0.2) is 11.5 Å². The highest BCUT2D eigenvalue weighted by Gasteiger charge is 2.03. The molecule has 0 bridgehead atoms. The van der Waals surface area contributed by atoms with Gasteiger partial charge in [-0.1, -0.05) is 6.07 Å². The third-order valence-electron chi connectivity index (χ3n) is 2.40. The first-order valence-electron chi connectivity index (χ1n) is 5.70. The molecule has 0 unspecified atom stereocenters.